The summed E-state index contributed by atoms with van der Waals surface area (Å²) in [6, 6.07) is 3.80. The maximum atomic E-state index is 13.6. The zero-order chi connectivity index (χ0) is 13.3. The third-order valence-electron chi connectivity index (χ3n) is 3.24. The quantitative estimate of drug-likeness (QED) is 0.863. The number of hydrogen-bond acceptors (Lipinski definition) is 3. The van der Waals surface area contributed by atoms with Gasteiger partial charge in [0.25, 0.3) is 0 Å². The number of nitrogens with two attached hydrogens (primary N) is 1. The van der Waals surface area contributed by atoms with Gasteiger partial charge < -0.3 is 15.8 Å². The molecule has 1 aromatic rings. The van der Waals surface area contributed by atoms with Crippen LogP contribution in [0, 0.1) is 11.2 Å². The molecular weight excluding hydrogens is 259 g/mol. The summed E-state index contributed by atoms with van der Waals surface area (Å²) < 4.78 is 18.7. The van der Waals surface area contributed by atoms with Gasteiger partial charge in [0.2, 0.25) is 5.91 Å². The number of nitrogens with one attached hydrogen (secondary N) is 1. The third-order valence-corrected chi connectivity index (χ3v) is 3.55. The molecule has 1 aromatic carbocycles. The minimum absolute atomic E-state index is 0.0236. The van der Waals surface area contributed by atoms with Crippen LogP contribution in [0.25, 0.3) is 0 Å². The number of anilines is 1. The monoisotopic (exact) mass is 272 g/mol. The first kappa shape index (κ1) is 13.3. The molecule has 0 bridgehead atoms. The molecule has 1 amide bonds. The van der Waals surface area contributed by atoms with Gasteiger partial charge in [-0.15, -0.1) is 0 Å². The van der Waals surface area contributed by atoms with Crippen LogP contribution in [0.1, 0.15) is 6.92 Å². The number of carbonyl (C=O) groups is 1. The smallest absolute Gasteiger partial charge is 0.234 e. The summed E-state index contributed by atoms with van der Waals surface area (Å²) in [4.78, 5) is 12.2. The van der Waals surface area contributed by atoms with Crippen molar-refractivity contribution in [2.75, 3.05) is 18.5 Å². The van der Waals surface area contributed by atoms with E-state index in [1.165, 1.54) is 18.2 Å². The zero-order valence-electron chi connectivity index (χ0n) is 9.87. The van der Waals surface area contributed by atoms with Crippen LogP contribution in [-0.2, 0) is 9.53 Å². The molecule has 2 unspecified atom stereocenters. The Morgan fingerprint density at radius 1 is 1.67 bits per heavy atom. The van der Waals surface area contributed by atoms with Crippen molar-refractivity contribution in [1.82, 2.24) is 0 Å². The van der Waals surface area contributed by atoms with E-state index in [2.05, 4.69) is 5.32 Å². The van der Waals surface area contributed by atoms with E-state index in [9.17, 15) is 9.18 Å². The molecule has 3 N–H and O–H groups in total. The second-order valence-corrected chi connectivity index (χ2v) is 5.00. The Hall–Kier alpha value is -1.17. The first-order chi connectivity index (χ1) is 8.45. The Balaban J connectivity index is 2.22. The molecule has 6 heteroatoms. The van der Waals surface area contributed by atoms with Crippen LogP contribution in [-0.4, -0.2) is 25.2 Å². The first-order valence-corrected chi connectivity index (χ1v) is 5.92. The van der Waals surface area contributed by atoms with Gasteiger partial charge in [0.1, 0.15) is 5.82 Å². The van der Waals surface area contributed by atoms with Crippen molar-refractivity contribution in [3.8, 4) is 0 Å². The van der Waals surface area contributed by atoms with E-state index in [4.69, 9.17) is 22.1 Å². The Kier molecular flexibility index (Phi) is 3.56. The maximum absolute atomic E-state index is 13.6. The van der Waals surface area contributed by atoms with Crippen molar-refractivity contribution in [3.05, 3.63) is 29.0 Å². The molecule has 0 saturated carbocycles. The molecule has 0 spiro atoms. The van der Waals surface area contributed by atoms with Crippen LogP contribution in [0.4, 0.5) is 10.1 Å². The van der Waals surface area contributed by atoms with Crippen LogP contribution < -0.4 is 11.1 Å². The van der Waals surface area contributed by atoms with Crippen molar-refractivity contribution >= 4 is 23.2 Å². The Morgan fingerprint density at radius 2 is 2.39 bits per heavy atom. The number of para-hydroxylation sites is 1. The van der Waals surface area contributed by atoms with Crippen LogP contribution in [0.3, 0.4) is 0 Å². The first-order valence-electron chi connectivity index (χ1n) is 5.54. The van der Waals surface area contributed by atoms with Gasteiger partial charge in [0.05, 0.1) is 29.3 Å². The molecule has 2 atom stereocenters. The van der Waals surface area contributed by atoms with Gasteiger partial charge in [0, 0.05) is 6.04 Å². The standard InChI is InChI=1S/C12H14ClFN2O2/c1-12(6-18-5-9(12)15)11(17)16-10-7(13)3-2-4-8(10)14/h2-4,9H,5-6,15H2,1H3,(H,16,17). The van der Waals surface area contributed by atoms with Gasteiger partial charge >= 0.3 is 0 Å². The third kappa shape index (κ3) is 2.21. The summed E-state index contributed by atoms with van der Waals surface area (Å²) in [6.45, 7) is 2.22. The molecule has 2 rings (SSSR count). The fourth-order valence-electron chi connectivity index (χ4n) is 1.80. The fourth-order valence-corrected chi connectivity index (χ4v) is 2.01. The lowest BCUT2D eigenvalue weighted by Gasteiger charge is -2.25. The molecule has 1 fully saturated rings. The lowest BCUT2D eigenvalue weighted by Crippen LogP contribution is -2.47. The number of carbonyl (C=O) groups excluding carboxylic acids is 1. The zero-order valence-corrected chi connectivity index (χ0v) is 10.6. The normalized spacial score (nSPS) is 27.2. The Bertz CT molecular complexity index is 463. The molecule has 1 aliphatic heterocycles. The summed E-state index contributed by atoms with van der Waals surface area (Å²) in [7, 11) is 0. The van der Waals surface area contributed by atoms with Crippen molar-refractivity contribution in [2.24, 2.45) is 11.1 Å². The SMILES string of the molecule is CC1(C(=O)Nc2c(F)cccc2Cl)COCC1N. The highest BCUT2D eigenvalue weighted by Gasteiger charge is 2.44. The molecular formula is C12H14ClFN2O2. The van der Waals surface area contributed by atoms with Gasteiger partial charge in [-0.05, 0) is 19.1 Å². The summed E-state index contributed by atoms with van der Waals surface area (Å²) in [5.41, 5.74) is 4.94. The highest BCUT2D eigenvalue weighted by molar-refractivity contribution is 6.33. The van der Waals surface area contributed by atoms with E-state index in [1.807, 2.05) is 0 Å². The number of halogens is 2. The lowest BCUT2D eigenvalue weighted by molar-refractivity contribution is -0.125. The van der Waals surface area contributed by atoms with Crippen LogP contribution in [0.5, 0.6) is 0 Å². The summed E-state index contributed by atoms with van der Waals surface area (Å²) in [6.07, 6.45) is 0. The molecule has 1 saturated heterocycles. The van der Waals surface area contributed by atoms with Crippen molar-refractivity contribution in [3.63, 3.8) is 0 Å². The number of ether oxygens (including phenoxy) is 1. The Labute approximate surface area is 109 Å². The van der Waals surface area contributed by atoms with Gasteiger partial charge in [-0.25, -0.2) is 4.39 Å². The average Bonchev–Trinajstić information content (AvgIpc) is 2.66. The predicted octanol–water partition coefficient (Wildman–Crippen LogP) is 1.78. The van der Waals surface area contributed by atoms with E-state index >= 15 is 0 Å². The highest BCUT2D eigenvalue weighted by Crippen LogP contribution is 2.31. The van der Waals surface area contributed by atoms with Crippen LogP contribution in [0.2, 0.25) is 5.02 Å². The number of benzene rings is 1. The van der Waals surface area contributed by atoms with Gasteiger partial charge in [-0.1, -0.05) is 17.7 Å². The molecule has 98 valence electrons. The van der Waals surface area contributed by atoms with Gasteiger partial charge in [0.15, 0.2) is 0 Å². The maximum Gasteiger partial charge on any atom is 0.234 e. The van der Waals surface area contributed by atoms with Crippen molar-refractivity contribution in [1.29, 1.82) is 0 Å². The van der Waals surface area contributed by atoms with E-state index < -0.39 is 17.3 Å². The molecule has 1 heterocycles. The Morgan fingerprint density at radius 3 is 2.94 bits per heavy atom. The molecule has 4 nitrogen and oxygen atoms in total. The summed E-state index contributed by atoms with van der Waals surface area (Å²) >= 11 is 5.84. The van der Waals surface area contributed by atoms with Crippen molar-refractivity contribution in [2.45, 2.75) is 13.0 Å². The minimum atomic E-state index is -0.869. The average molecular weight is 273 g/mol. The number of amides is 1. The van der Waals surface area contributed by atoms with E-state index in [0.29, 0.717) is 6.61 Å². The molecule has 18 heavy (non-hydrogen) atoms. The fraction of sp³-hybridized carbons (Fsp3) is 0.417. The predicted molar refractivity (Wildman–Crippen MR) is 66.9 cm³/mol. The largest absolute Gasteiger partial charge is 0.379 e. The van der Waals surface area contributed by atoms with E-state index in [0.717, 1.165) is 0 Å². The number of rotatable bonds is 2. The minimum Gasteiger partial charge on any atom is -0.379 e. The van der Waals surface area contributed by atoms with E-state index in [1.54, 1.807) is 6.92 Å². The molecule has 0 aliphatic carbocycles. The topological polar surface area (TPSA) is 64.3 Å². The van der Waals surface area contributed by atoms with Gasteiger partial charge in [-0.3, -0.25) is 4.79 Å². The number of hydrogen-bond donors (Lipinski definition) is 2. The molecule has 0 radical (unpaired) electrons. The summed E-state index contributed by atoms with van der Waals surface area (Å²) in [5.74, 6) is -0.966. The van der Waals surface area contributed by atoms with E-state index in [-0.39, 0.29) is 23.2 Å². The molecule has 0 aromatic heterocycles. The highest BCUT2D eigenvalue weighted by atomic mass is 35.5. The van der Waals surface area contributed by atoms with Crippen LogP contribution in [0.15, 0.2) is 18.2 Å². The molecule has 1 aliphatic rings. The van der Waals surface area contributed by atoms with Crippen molar-refractivity contribution < 1.29 is 13.9 Å². The second-order valence-electron chi connectivity index (χ2n) is 4.59. The van der Waals surface area contributed by atoms with Gasteiger partial charge in [-0.2, -0.15) is 0 Å². The second kappa shape index (κ2) is 4.84. The lowest BCUT2D eigenvalue weighted by atomic mass is 9.85. The van der Waals surface area contributed by atoms with Crippen LogP contribution >= 0.6 is 11.6 Å². The summed E-state index contributed by atoms with van der Waals surface area (Å²) in [5, 5.41) is 2.64.